The molecule has 2 atom stereocenters. The van der Waals surface area contributed by atoms with E-state index < -0.39 is 36.2 Å². The molecule has 0 aliphatic carbocycles. The van der Waals surface area contributed by atoms with Crippen molar-refractivity contribution in [2.75, 3.05) is 7.11 Å². The fraction of sp³-hybridized carbons (Fsp3) is 0.391. The average molecular weight is 414 g/mol. The van der Waals surface area contributed by atoms with Crippen LogP contribution >= 0.6 is 0 Å². The number of methoxy groups -OCH3 is 1. The number of hydrogen-bond acceptors (Lipinski definition) is 3. The van der Waals surface area contributed by atoms with Crippen LogP contribution in [-0.4, -0.2) is 46.7 Å². The van der Waals surface area contributed by atoms with Crippen LogP contribution in [0, 0.1) is 0 Å². The lowest BCUT2D eigenvalue weighted by atomic mass is 9.88. The molecule has 0 aromatic heterocycles. The second-order valence-electron chi connectivity index (χ2n) is 7.84. The van der Waals surface area contributed by atoms with Crippen LogP contribution in [0.4, 0.5) is 8.78 Å². The maximum absolute atomic E-state index is 15.1. The number of alkyl halides is 2. The van der Waals surface area contributed by atoms with Crippen LogP contribution in [0.2, 0.25) is 0 Å². The topological polar surface area (TPSA) is 49.9 Å². The highest BCUT2D eigenvalue weighted by Gasteiger charge is 2.57. The predicted molar refractivity (Wildman–Crippen MR) is 107 cm³/mol. The van der Waals surface area contributed by atoms with Crippen molar-refractivity contribution in [3.63, 3.8) is 0 Å². The average Bonchev–Trinajstić information content (AvgIpc) is 2.74. The maximum Gasteiger partial charge on any atom is 0.277 e. The van der Waals surface area contributed by atoms with Crippen molar-refractivity contribution in [3.8, 4) is 5.75 Å². The number of carbonyl (C=O) groups is 2. The minimum absolute atomic E-state index is 0.0372. The lowest BCUT2D eigenvalue weighted by Crippen LogP contribution is -2.69. The van der Waals surface area contributed by atoms with Gasteiger partial charge in [0.2, 0.25) is 5.91 Å². The first-order chi connectivity index (χ1) is 14.4. The summed E-state index contributed by atoms with van der Waals surface area (Å²) in [5, 5.41) is 0. The molecule has 2 aromatic rings. The number of carbonyl (C=O) groups excluding carboxylic acids is 2. The summed E-state index contributed by atoms with van der Waals surface area (Å²) < 4.78 is 35.3. The number of ether oxygens (including phenoxy) is 1. The number of rotatable bonds is 5. The Hall–Kier alpha value is -2.96. The smallest absolute Gasteiger partial charge is 0.277 e. The van der Waals surface area contributed by atoms with Crippen molar-refractivity contribution in [2.45, 2.75) is 50.4 Å². The number of halogens is 2. The van der Waals surface area contributed by atoms with Gasteiger partial charge in [-0.1, -0.05) is 42.5 Å². The Morgan fingerprint density at radius 1 is 0.933 bits per heavy atom. The van der Waals surface area contributed by atoms with Crippen molar-refractivity contribution in [1.29, 1.82) is 0 Å². The van der Waals surface area contributed by atoms with Gasteiger partial charge in [-0.15, -0.1) is 0 Å². The third-order valence-corrected chi connectivity index (χ3v) is 5.87. The van der Waals surface area contributed by atoms with Crippen molar-refractivity contribution < 1.29 is 23.1 Å². The van der Waals surface area contributed by atoms with Gasteiger partial charge < -0.3 is 14.5 Å². The fourth-order valence-corrected chi connectivity index (χ4v) is 4.32. The Morgan fingerprint density at radius 2 is 1.57 bits per heavy atom. The van der Waals surface area contributed by atoms with Crippen molar-refractivity contribution >= 4 is 11.8 Å². The third-order valence-electron chi connectivity index (χ3n) is 5.87. The molecule has 7 heteroatoms. The molecule has 0 N–H and O–H groups in total. The van der Waals surface area contributed by atoms with E-state index in [1.54, 1.807) is 24.3 Å². The monoisotopic (exact) mass is 414 g/mol. The van der Waals surface area contributed by atoms with E-state index in [4.69, 9.17) is 4.74 Å². The van der Waals surface area contributed by atoms with Gasteiger partial charge in [0.25, 0.3) is 11.8 Å². The van der Waals surface area contributed by atoms with Gasteiger partial charge in [-0.2, -0.15) is 0 Å². The first-order valence-electron chi connectivity index (χ1n) is 10.1. The second kappa shape index (κ2) is 8.05. The van der Waals surface area contributed by atoms with E-state index >= 15 is 8.78 Å². The largest absolute Gasteiger partial charge is 0.497 e. The zero-order valence-corrected chi connectivity index (χ0v) is 16.8. The Morgan fingerprint density at radius 3 is 2.23 bits per heavy atom. The van der Waals surface area contributed by atoms with E-state index in [1.165, 1.54) is 12.0 Å². The number of amides is 2. The number of hydrogen-bond donors (Lipinski definition) is 0. The highest BCUT2D eigenvalue weighted by Crippen LogP contribution is 2.39. The van der Waals surface area contributed by atoms with Gasteiger partial charge in [-0.25, -0.2) is 8.78 Å². The third kappa shape index (κ3) is 3.76. The van der Waals surface area contributed by atoms with Gasteiger partial charge in [-0.05, 0) is 36.1 Å². The van der Waals surface area contributed by atoms with E-state index in [-0.39, 0.29) is 25.9 Å². The SMILES string of the molecule is COc1ccc(CN2C(=O)[C@@H]3CCCC(F)(F)[C@H]2C(=O)N3Cc2ccccc2)cc1. The number of fused-ring (bicyclic) bond motifs is 5. The molecule has 3 aliphatic rings. The summed E-state index contributed by atoms with van der Waals surface area (Å²) in [4.78, 5) is 29.0. The van der Waals surface area contributed by atoms with Crippen molar-refractivity contribution in [1.82, 2.24) is 9.80 Å². The molecule has 5 rings (SSSR count). The van der Waals surface area contributed by atoms with Crippen LogP contribution in [0.1, 0.15) is 30.4 Å². The Bertz CT molecular complexity index is 918. The maximum atomic E-state index is 15.1. The predicted octanol–water partition coefficient (Wildman–Crippen LogP) is 3.62. The molecule has 0 spiro atoms. The van der Waals surface area contributed by atoms with Gasteiger partial charge >= 0.3 is 0 Å². The van der Waals surface area contributed by atoms with Gasteiger partial charge in [0.05, 0.1) is 7.11 Å². The number of piperazine rings is 1. The lowest BCUT2D eigenvalue weighted by molar-refractivity contribution is -0.186. The van der Waals surface area contributed by atoms with Crippen LogP contribution < -0.4 is 4.74 Å². The van der Waals surface area contributed by atoms with Crippen LogP contribution in [0.15, 0.2) is 54.6 Å². The van der Waals surface area contributed by atoms with Crippen LogP contribution in [-0.2, 0) is 22.7 Å². The van der Waals surface area contributed by atoms with Gasteiger partial charge in [0.1, 0.15) is 11.8 Å². The molecule has 30 heavy (non-hydrogen) atoms. The Balaban J connectivity index is 1.67. The molecular formula is C23H24F2N2O3. The first kappa shape index (κ1) is 20.3. The normalized spacial score (nSPS) is 23.3. The molecule has 3 heterocycles. The van der Waals surface area contributed by atoms with Crippen molar-refractivity contribution in [2.24, 2.45) is 0 Å². The highest BCUT2D eigenvalue weighted by atomic mass is 19.3. The molecule has 158 valence electrons. The lowest BCUT2D eigenvalue weighted by Gasteiger charge is -2.49. The summed E-state index contributed by atoms with van der Waals surface area (Å²) in [6.45, 7) is 0.115. The molecule has 5 nitrogen and oxygen atoms in total. The van der Waals surface area contributed by atoms with Crippen LogP contribution in [0.5, 0.6) is 5.75 Å². The van der Waals surface area contributed by atoms with Gasteiger partial charge in [0, 0.05) is 19.5 Å². The molecule has 0 radical (unpaired) electrons. The summed E-state index contributed by atoms with van der Waals surface area (Å²) in [5.74, 6) is -3.73. The molecule has 3 aliphatic heterocycles. The number of nitrogens with zero attached hydrogens (tertiary/aromatic N) is 2. The van der Waals surface area contributed by atoms with E-state index in [1.807, 2.05) is 30.3 Å². The van der Waals surface area contributed by atoms with Gasteiger partial charge in [0.15, 0.2) is 6.04 Å². The van der Waals surface area contributed by atoms with Crippen LogP contribution in [0.25, 0.3) is 0 Å². The summed E-state index contributed by atoms with van der Waals surface area (Å²) in [6, 6.07) is 13.5. The fourth-order valence-electron chi connectivity index (χ4n) is 4.32. The van der Waals surface area contributed by atoms with E-state index in [0.29, 0.717) is 11.3 Å². The summed E-state index contributed by atoms with van der Waals surface area (Å²) in [6.07, 6.45) is 0.0408. The van der Waals surface area contributed by atoms with E-state index in [9.17, 15) is 9.59 Å². The molecular weight excluding hydrogens is 390 g/mol. The Labute approximate surface area is 174 Å². The zero-order valence-electron chi connectivity index (χ0n) is 16.8. The minimum atomic E-state index is -3.28. The molecule has 3 saturated heterocycles. The molecule has 2 aromatic carbocycles. The van der Waals surface area contributed by atoms with Crippen molar-refractivity contribution in [3.05, 3.63) is 65.7 Å². The molecule has 2 amide bonds. The quantitative estimate of drug-likeness (QED) is 0.751. The minimum Gasteiger partial charge on any atom is -0.497 e. The van der Waals surface area contributed by atoms with E-state index in [0.717, 1.165) is 10.5 Å². The molecule has 3 fully saturated rings. The molecule has 2 bridgehead atoms. The number of benzene rings is 2. The summed E-state index contributed by atoms with van der Waals surface area (Å²) >= 11 is 0. The Kier molecular flexibility index (Phi) is 5.45. The first-order valence-corrected chi connectivity index (χ1v) is 10.1. The van der Waals surface area contributed by atoms with E-state index in [2.05, 4.69) is 0 Å². The molecule has 0 unspecified atom stereocenters. The summed E-state index contributed by atoms with van der Waals surface area (Å²) in [5.41, 5.74) is 1.49. The second-order valence-corrected chi connectivity index (χ2v) is 7.84. The van der Waals surface area contributed by atoms with Gasteiger partial charge in [-0.3, -0.25) is 9.59 Å². The van der Waals surface area contributed by atoms with Crippen LogP contribution in [0.3, 0.4) is 0 Å². The standard InChI is InChI=1S/C23H24F2N2O3/c1-30-18-11-9-17(10-12-18)15-27-20-22(29)26(14-16-6-3-2-4-7-16)19(21(27)28)8-5-13-23(20,24)25/h2-4,6-7,9-12,19-20H,5,8,13-15H2,1H3/t19-,20+/m0/s1. The highest BCUT2D eigenvalue weighted by molar-refractivity contribution is 5.97. The molecule has 0 saturated carbocycles. The zero-order chi connectivity index (χ0) is 21.3. The summed E-state index contributed by atoms with van der Waals surface area (Å²) in [7, 11) is 1.54.